The molecule has 63 heavy (non-hydrogen) atoms. The molecule has 4 aliphatic rings. The number of hydrogen-bond acceptors (Lipinski definition) is 10. The number of rotatable bonds is 0. The van der Waals surface area contributed by atoms with Crippen LogP contribution in [0.2, 0.25) is 0 Å². The topological polar surface area (TPSA) is 127 Å². The van der Waals surface area contributed by atoms with E-state index >= 15 is 8.78 Å². The summed E-state index contributed by atoms with van der Waals surface area (Å²) in [5.41, 5.74) is 1.71. The molecule has 9 atom stereocenters. The van der Waals surface area contributed by atoms with Crippen LogP contribution in [0.15, 0.2) is 60.7 Å². The molecular weight excluding hydrogens is 830 g/mol. The van der Waals surface area contributed by atoms with Crippen molar-refractivity contribution in [2.45, 2.75) is 162 Å². The number of alkyl halides is 2. The first-order valence-corrected chi connectivity index (χ1v) is 23.5. The minimum atomic E-state index is -2.03. The van der Waals surface area contributed by atoms with Crippen LogP contribution in [0.5, 0.6) is 0 Å². The number of benzene rings is 2. The number of carbonyl (C=O) groups excluding carboxylic acids is 3. The largest absolute Gasteiger partial charge is 0.455 e. The second-order valence-electron chi connectivity index (χ2n) is 18.1. The number of hydrogen-bond donors (Lipinski definition) is 1. The highest BCUT2D eigenvalue weighted by molar-refractivity contribution is 7.35. The van der Waals surface area contributed by atoms with Crippen molar-refractivity contribution in [3.8, 4) is 0 Å². The molecule has 2 aromatic carbocycles. The van der Waals surface area contributed by atoms with Gasteiger partial charge < -0.3 is 33.5 Å². The number of ketones is 1. The summed E-state index contributed by atoms with van der Waals surface area (Å²) in [5, 5.41) is 10.6. The Morgan fingerprint density at radius 3 is 1.56 bits per heavy atom. The molecule has 0 aliphatic carbocycles. The lowest BCUT2D eigenvalue weighted by molar-refractivity contribution is -0.152. The highest BCUT2D eigenvalue weighted by Crippen LogP contribution is 2.35. The highest BCUT2D eigenvalue weighted by atomic mass is 31.1. The highest BCUT2D eigenvalue weighted by Gasteiger charge is 2.45. The maximum absolute atomic E-state index is 15.3. The molecule has 346 valence electrons. The third-order valence-corrected chi connectivity index (χ3v) is 11.1. The van der Waals surface area contributed by atoms with Crippen LogP contribution >= 0.6 is 8.58 Å². The zero-order valence-electron chi connectivity index (χ0n) is 39.3. The first kappa shape index (κ1) is 51.7. The third-order valence-electron chi connectivity index (χ3n) is 11.1. The summed E-state index contributed by atoms with van der Waals surface area (Å²) in [6, 6.07) is 7.57. The lowest BCUT2D eigenvalue weighted by Gasteiger charge is -2.26. The van der Waals surface area contributed by atoms with Crippen molar-refractivity contribution in [2.75, 3.05) is 13.3 Å². The normalized spacial score (nSPS) is 33.6. The summed E-state index contributed by atoms with van der Waals surface area (Å²) in [6.45, 7) is 24.5. The lowest BCUT2D eigenvalue weighted by Crippen LogP contribution is -2.37. The summed E-state index contributed by atoms with van der Waals surface area (Å²) in [6.07, 6.45) is 7.53. The molecular formula is C50H67F2O10P. The molecule has 0 saturated carbocycles. The number of esters is 2. The molecule has 4 heterocycles. The van der Waals surface area contributed by atoms with Gasteiger partial charge in [0, 0.05) is 0 Å². The van der Waals surface area contributed by atoms with Gasteiger partial charge in [0.15, 0.2) is 28.7 Å². The molecule has 0 bridgehead atoms. The van der Waals surface area contributed by atoms with E-state index in [1.54, 1.807) is 27.7 Å². The van der Waals surface area contributed by atoms with Gasteiger partial charge >= 0.3 is 11.9 Å². The van der Waals surface area contributed by atoms with Crippen molar-refractivity contribution >= 4 is 38.5 Å². The Labute approximate surface area is 374 Å². The van der Waals surface area contributed by atoms with Crippen molar-refractivity contribution in [3.05, 3.63) is 105 Å². The average molecular weight is 897 g/mol. The molecule has 1 N–H and O–H groups in total. The fourth-order valence-corrected chi connectivity index (χ4v) is 7.74. The zero-order chi connectivity index (χ0) is 47.2. The van der Waals surface area contributed by atoms with Crippen LogP contribution in [-0.4, -0.2) is 102 Å². The Kier molecular flexibility index (Phi) is 17.2. The first-order valence-electron chi connectivity index (χ1n) is 21.5. The molecule has 2 fully saturated rings. The van der Waals surface area contributed by atoms with Gasteiger partial charge in [-0.2, -0.15) is 0 Å². The van der Waals surface area contributed by atoms with Crippen LogP contribution in [-0.2, 0) is 33.2 Å². The second kappa shape index (κ2) is 20.9. The van der Waals surface area contributed by atoms with Crippen LogP contribution in [0.4, 0.5) is 8.78 Å². The van der Waals surface area contributed by atoms with E-state index in [0.29, 0.717) is 35.1 Å². The standard InChI is InChI=1S/C24H31FO5.C24H29FO5.C2H7P/c2*1-14-12-15(2)20-17(13-14)8-7-9-19-21(30-23(4,5)29-19)18(26)10-11-24(6,25)16(3)28-22(20)27;1-3-2/h7-8,10-13,16,18-19,21,26H,9H2,1-6H3;7-8,10-13,16,19,21H,9H2,1-6H3;3H,1-2H3/b2*8-7+,11-10-;. The summed E-state index contributed by atoms with van der Waals surface area (Å²) >= 11 is 0. The van der Waals surface area contributed by atoms with Crippen molar-refractivity contribution in [1.82, 2.24) is 0 Å². The van der Waals surface area contributed by atoms with Gasteiger partial charge in [0.2, 0.25) is 0 Å². The second-order valence-corrected chi connectivity index (χ2v) is 19.1. The minimum absolute atomic E-state index is 0.384. The Hall–Kier alpha value is -3.90. The van der Waals surface area contributed by atoms with E-state index < -0.39 is 77.6 Å². The number of carbonyl (C=O) groups is 3. The zero-order valence-corrected chi connectivity index (χ0v) is 40.3. The summed E-state index contributed by atoms with van der Waals surface area (Å²) in [5.74, 6) is -3.33. The Morgan fingerprint density at radius 1 is 0.635 bits per heavy atom. The molecule has 2 saturated heterocycles. The van der Waals surface area contributed by atoms with Crippen LogP contribution in [0.3, 0.4) is 0 Å². The van der Waals surface area contributed by atoms with Gasteiger partial charge in [-0.25, -0.2) is 18.4 Å². The number of aliphatic hydroxyl groups excluding tert-OH is 1. The summed E-state index contributed by atoms with van der Waals surface area (Å²) in [7, 11) is 1.08. The maximum Gasteiger partial charge on any atom is 0.339 e. The van der Waals surface area contributed by atoms with E-state index in [2.05, 4.69) is 13.3 Å². The molecule has 0 aromatic heterocycles. The van der Waals surface area contributed by atoms with E-state index in [4.69, 9.17) is 28.4 Å². The van der Waals surface area contributed by atoms with Gasteiger partial charge in [-0.15, -0.1) is 8.58 Å². The monoisotopic (exact) mass is 896 g/mol. The Balaban J connectivity index is 0.000000260. The lowest BCUT2D eigenvalue weighted by atomic mass is 9.95. The van der Waals surface area contributed by atoms with Gasteiger partial charge in [0.1, 0.15) is 30.5 Å². The van der Waals surface area contributed by atoms with Gasteiger partial charge in [0.25, 0.3) is 0 Å². The Morgan fingerprint density at radius 2 is 1.06 bits per heavy atom. The number of halogens is 2. The van der Waals surface area contributed by atoms with Gasteiger partial charge in [-0.05, 0) is 150 Å². The molecule has 4 aliphatic heterocycles. The predicted octanol–water partition coefficient (Wildman–Crippen LogP) is 9.99. The molecule has 10 nitrogen and oxygen atoms in total. The van der Waals surface area contributed by atoms with Crippen molar-refractivity contribution in [2.24, 2.45) is 0 Å². The minimum Gasteiger partial charge on any atom is -0.455 e. The van der Waals surface area contributed by atoms with Gasteiger partial charge in [-0.3, -0.25) is 4.79 Å². The van der Waals surface area contributed by atoms with Gasteiger partial charge in [0.05, 0.1) is 23.3 Å². The molecule has 0 radical (unpaired) electrons. The van der Waals surface area contributed by atoms with Crippen LogP contribution in [0.25, 0.3) is 12.2 Å². The molecule has 6 rings (SSSR count). The molecule has 9 unspecified atom stereocenters. The van der Waals surface area contributed by atoms with Crippen molar-refractivity contribution in [3.63, 3.8) is 0 Å². The van der Waals surface area contributed by atoms with Crippen LogP contribution < -0.4 is 0 Å². The fraction of sp³-hybridized carbons (Fsp3) is 0.540. The Bertz CT molecular complexity index is 2100. The SMILES string of the molecule is CPC.Cc1cc(C)c2c(c1)/C=C/CC1OC(C)(C)OC1C(=O)/C=C\C(C)(F)C(C)OC2=O.Cc1cc(C)c2c(c1)/C=C/CC1OC(C)(C)OC1C(O)/C=C\C(C)(F)C(C)OC2=O. The van der Waals surface area contributed by atoms with Crippen molar-refractivity contribution < 1.29 is 56.7 Å². The van der Waals surface area contributed by atoms with E-state index in [1.165, 1.54) is 39.8 Å². The maximum atomic E-state index is 15.3. The number of aryl methyl sites for hydroxylation is 4. The van der Waals surface area contributed by atoms with E-state index in [-0.39, 0.29) is 5.78 Å². The number of fused-ring (bicyclic) bond motifs is 4. The average Bonchev–Trinajstić information content (AvgIpc) is 3.65. The van der Waals surface area contributed by atoms with Crippen LogP contribution in [0.1, 0.15) is 122 Å². The van der Waals surface area contributed by atoms with Gasteiger partial charge in [-0.1, -0.05) is 65.8 Å². The molecule has 13 heteroatoms. The number of aliphatic hydroxyl groups is 1. The van der Waals surface area contributed by atoms with E-state index in [1.807, 2.05) is 76.3 Å². The number of cyclic esters (lactones) is 2. The molecule has 2 aromatic rings. The van der Waals surface area contributed by atoms with E-state index in [0.717, 1.165) is 43.0 Å². The summed E-state index contributed by atoms with van der Waals surface area (Å²) in [4.78, 5) is 38.5. The van der Waals surface area contributed by atoms with Crippen molar-refractivity contribution in [1.29, 1.82) is 0 Å². The van der Waals surface area contributed by atoms with Crippen LogP contribution in [0, 0.1) is 27.7 Å². The molecule has 0 spiro atoms. The summed E-state index contributed by atoms with van der Waals surface area (Å²) < 4.78 is 64.9. The molecule has 0 amide bonds. The third kappa shape index (κ3) is 13.6. The van der Waals surface area contributed by atoms with E-state index in [9.17, 15) is 19.5 Å². The first-order chi connectivity index (χ1) is 29.2. The number of ether oxygens (including phenoxy) is 6. The smallest absolute Gasteiger partial charge is 0.339 e. The fourth-order valence-electron chi connectivity index (χ4n) is 7.74. The quantitative estimate of drug-likeness (QED) is 0.155. The predicted molar refractivity (Wildman–Crippen MR) is 245 cm³/mol.